The van der Waals surface area contributed by atoms with Crippen molar-refractivity contribution < 1.29 is 28.6 Å². The largest absolute Gasteiger partial charge is 0.455 e. The number of hydrogen-bond donors (Lipinski definition) is 0. The van der Waals surface area contributed by atoms with Gasteiger partial charge >= 0.3 is 17.9 Å². The van der Waals surface area contributed by atoms with Gasteiger partial charge in [-0.3, -0.25) is 0 Å². The van der Waals surface area contributed by atoms with E-state index in [0.717, 1.165) is 18.2 Å². The van der Waals surface area contributed by atoms with Gasteiger partial charge in [-0.2, -0.15) is 0 Å². The molecule has 0 unspecified atom stereocenters. The van der Waals surface area contributed by atoms with E-state index in [-0.39, 0.29) is 0 Å². The number of rotatable bonds is 7. The first-order valence-corrected chi connectivity index (χ1v) is 4.48. The Hall–Kier alpha value is -2.37. The van der Waals surface area contributed by atoms with Crippen LogP contribution in [0.5, 0.6) is 0 Å². The first kappa shape index (κ1) is 14.6. The van der Waals surface area contributed by atoms with Gasteiger partial charge in [0.05, 0.1) is 0 Å². The lowest BCUT2D eigenvalue weighted by atomic mass is 10.6. The maximum Gasteiger partial charge on any atom is 0.333 e. The van der Waals surface area contributed by atoms with Gasteiger partial charge in [0.15, 0.2) is 6.61 Å². The molecule has 0 atom stereocenters. The topological polar surface area (TPSA) is 78.9 Å². The van der Waals surface area contributed by atoms with Gasteiger partial charge in [-0.25, -0.2) is 14.4 Å². The molecule has 0 aromatic heterocycles. The van der Waals surface area contributed by atoms with Gasteiger partial charge in [0, 0.05) is 18.2 Å². The summed E-state index contributed by atoms with van der Waals surface area (Å²) in [4.78, 5) is 32.5. The van der Waals surface area contributed by atoms with Crippen molar-refractivity contribution in [2.75, 3.05) is 6.61 Å². The fourth-order valence-corrected chi connectivity index (χ4v) is 0.657. The van der Waals surface area contributed by atoms with Gasteiger partial charge in [0.25, 0.3) is 6.29 Å². The van der Waals surface area contributed by atoms with Crippen molar-refractivity contribution in [3.63, 3.8) is 0 Å². The second-order valence-electron chi connectivity index (χ2n) is 2.55. The molecular weight excluding hydrogens is 228 g/mol. The van der Waals surface area contributed by atoms with Crippen LogP contribution in [0.15, 0.2) is 38.0 Å². The molecule has 0 heterocycles. The molecule has 0 aromatic rings. The van der Waals surface area contributed by atoms with Crippen LogP contribution in [0.1, 0.15) is 0 Å². The molecule has 6 nitrogen and oxygen atoms in total. The lowest BCUT2D eigenvalue weighted by molar-refractivity contribution is -0.192. The Kier molecular flexibility index (Phi) is 6.77. The van der Waals surface area contributed by atoms with Crippen molar-refractivity contribution in [2.24, 2.45) is 0 Å². The van der Waals surface area contributed by atoms with Gasteiger partial charge in [0.2, 0.25) is 0 Å². The Morgan fingerprint density at radius 1 is 0.882 bits per heavy atom. The summed E-state index contributed by atoms with van der Waals surface area (Å²) in [6.45, 7) is 9.06. The zero-order valence-electron chi connectivity index (χ0n) is 9.09. The third-order valence-electron chi connectivity index (χ3n) is 1.36. The van der Waals surface area contributed by atoms with Crippen molar-refractivity contribution in [1.29, 1.82) is 0 Å². The smallest absolute Gasteiger partial charge is 0.333 e. The van der Waals surface area contributed by atoms with Gasteiger partial charge in [-0.15, -0.1) is 0 Å². The molecule has 92 valence electrons. The molecule has 0 aliphatic rings. The molecule has 0 bridgehead atoms. The number of carbonyl (C=O) groups excluding carboxylic acids is 3. The van der Waals surface area contributed by atoms with E-state index in [4.69, 9.17) is 0 Å². The van der Waals surface area contributed by atoms with E-state index in [0.29, 0.717) is 0 Å². The molecule has 17 heavy (non-hydrogen) atoms. The van der Waals surface area contributed by atoms with Crippen LogP contribution in [0.3, 0.4) is 0 Å². The maximum atomic E-state index is 10.9. The third kappa shape index (κ3) is 6.67. The lowest BCUT2D eigenvalue weighted by Gasteiger charge is -2.15. The van der Waals surface area contributed by atoms with E-state index in [1.165, 1.54) is 0 Å². The molecule has 0 rings (SSSR count). The van der Waals surface area contributed by atoms with E-state index < -0.39 is 30.8 Å². The summed E-state index contributed by atoms with van der Waals surface area (Å²) < 4.78 is 13.8. The molecule has 0 N–H and O–H groups in total. The van der Waals surface area contributed by atoms with Gasteiger partial charge in [-0.1, -0.05) is 19.7 Å². The summed E-state index contributed by atoms with van der Waals surface area (Å²) in [6.07, 6.45) is 1.32. The first-order chi connectivity index (χ1) is 8.03. The van der Waals surface area contributed by atoms with E-state index in [2.05, 4.69) is 33.9 Å². The lowest BCUT2D eigenvalue weighted by Crippen LogP contribution is -2.28. The van der Waals surface area contributed by atoms with Crippen LogP contribution in [0.25, 0.3) is 0 Å². The van der Waals surface area contributed by atoms with E-state index >= 15 is 0 Å². The van der Waals surface area contributed by atoms with Crippen LogP contribution in [0.2, 0.25) is 0 Å². The molecule has 0 aromatic carbocycles. The van der Waals surface area contributed by atoms with Crippen LogP contribution in [-0.4, -0.2) is 30.8 Å². The fourth-order valence-electron chi connectivity index (χ4n) is 0.657. The summed E-state index contributed by atoms with van der Waals surface area (Å²) in [5.74, 6) is -2.37. The van der Waals surface area contributed by atoms with Gasteiger partial charge in [0.1, 0.15) is 0 Å². The zero-order valence-corrected chi connectivity index (χ0v) is 9.09. The molecule has 0 saturated carbocycles. The van der Waals surface area contributed by atoms with Gasteiger partial charge < -0.3 is 14.2 Å². The average molecular weight is 240 g/mol. The predicted octanol–water partition coefficient (Wildman–Crippen LogP) is 0.500. The molecule has 0 spiro atoms. The Balaban J connectivity index is 4.38. The van der Waals surface area contributed by atoms with E-state index in [1.54, 1.807) is 0 Å². The summed E-state index contributed by atoms with van der Waals surface area (Å²) >= 11 is 0. The second kappa shape index (κ2) is 7.86. The normalized spacial score (nSPS) is 9.00. The summed E-state index contributed by atoms with van der Waals surface area (Å²) in [7, 11) is 0. The van der Waals surface area contributed by atoms with Crippen molar-refractivity contribution in [3.8, 4) is 0 Å². The highest BCUT2D eigenvalue weighted by molar-refractivity contribution is 5.83. The van der Waals surface area contributed by atoms with Crippen LogP contribution in [0, 0.1) is 0 Å². The summed E-state index contributed by atoms with van der Waals surface area (Å²) in [5, 5.41) is 0. The maximum absolute atomic E-state index is 10.9. The summed E-state index contributed by atoms with van der Waals surface area (Å²) in [6, 6.07) is 0. The highest BCUT2D eigenvalue weighted by Gasteiger charge is 2.18. The molecule has 0 amide bonds. The number of ether oxygens (including phenoxy) is 3. The molecule has 0 aliphatic heterocycles. The quantitative estimate of drug-likeness (QED) is 0.366. The number of hydrogen-bond acceptors (Lipinski definition) is 6. The van der Waals surface area contributed by atoms with Crippen molar-refractivity contribution >= 4 is 17.9 Å². The minimum Gasteiger partial charge on any atom is -0.455 e. The minimum absolute atomic E-state index is 0.440. The molecule has 6 heteroatoms. The van der Waals surface area contributed by atoms with Crippen molar-refractivity contribution in [2.45, 2.75) is 6.29 Å². The Morgan fingerprint density at radius 3 is 1.65 bits per heavy atom. The fraction of sp³-hybridized carbons (Fsp3) is 0.182. The van der Waals surface area contributed by atoms with Crippen LogP contribution < -0.4 is 0 Å². The SMILES string of the molecule is C=CC(=O)OCC(OC(=O)C=C)OC(=O)C=C. The molecular formula is C11H12O6. The van der Waals surface area contributed by atoms with Crippen LogP contribution in [0.4, 0.5) is 0 Å². The van der Waals surface area contributed by atoms with Crippen molar-refractivity contribution in [3.05, 3.63) is 38.0 Å². The highest BCUT2D eigenvalue weighted by Crippen LogP contribution is 2.00. The molecule has 0 fully saturated rings. The minimum atomic E-state index is -1.35. The number of carbonyl (C=O) groups is 3. The number of esters is 3. The first-order valence-electron chi connectivity index (χ1n) is 4.48. The monoisotopic (exact) mass is 240 g/mol. The van der Waals surface area contributed by atoms with E-state index in [9.17, 15) is 14.4 Å². The van der Waals surface area contributed by atoms with Crippen LogP contribution >= 0.6 is 0 Å². The predicted molar refractivity (Wildman–Crippen MR) is 57.5 cm³/mol. The summed E-state index contributed by atoms with van der Waals surface area (Å²) in [5.41, 5.74) is 0. The van der Waals surface area contributed by atoms with E-state index in [1.807, 2.05) is 0 Å². The molecule has 0 radical (unpaired) electrons. The molecule has 0 aliphatic carbocycles. The second-order valence-corrected chi connectivity index (χ2v) is 2.55. The highest BCUT2D eigenvalue weighted by atomic mass is 16.7. The van der Waals surface area contributed by atoms with Crippen molar-refractivity contribution in [1.82, 2.24) is 0 Å². The third-order valence-corrected chi connectivity index (χ3v) is 1.36. The Labute approximate surface area is 98.1 Å². The van der Waals surface area contributed by atoms with Gasteiger partial charge in [-0.05, 0) is 0 Å². The Bertz CT molecular complexity index is 322. The zero-order chi connectivity index (χ0) is 13.3. The average Bonchev–Trinajstić information content (AvgIpc) is 2.34. The van der Waals surface area contributed by atoms with Crippen LogP contribution in [-0.2, 0) is 28.6 Å². The Morgan fingerprint density at radius 2 is 1.29 bits per heavy atom. The standard InChI is InChI=1S/C11H12O6/c1-4-8(12)15-7-11(16-9(13)5-2)17-10(14)6-3/h4-6,11H,1-3,7H2. The molecule has 0 saturated heterocycles.